The van der Waals surface area contributed by atoms with Crippen LogP contribution < -0.4 is 5.32 Å². The minimum atomic E-state index is 0.663. The third-order valence-electron chi connectivity index (χ3n) is 3.62. The van der Waals surface area contributed by atoms with Crippen molar-refractivity contribution in [2.75, 3.05) is 0 Å². The van der Waals surface area contributed by atoms with Gasteiger partial charge in [-0.3, -0.25) is 9.67 Å². The number of nitrogens with one attached hydrogen (secondary N) is 1. The molecule has 0 saturated heterocycles. The van der Waals surface area contributed by atoms with Gasteiger partial charge in [0.2, 0.25) is 0 Å². The van der Waals surface area contributed by atoms with Crippen LogP contribution in [-0.4, -0.2) is 20.8 Å². The molecular weight excluding hydrogens is 272 g/mol. The van der Waals surface area contributed by atoms with Crippen molar-refractivity contribution in [2.45, 2.75) is 45.8 Å². The van der Waals surface area contributed by atoms with Crippen molar-refractivity contribution in [2.24, 2.45) is 0 Å². The van der Waals surface area contributed by atoms with E-state index >= 15 is 0 Å². The molecule has 2 heterocycles. The summed E-state index contributed by atoms with van der Waals surface area (Å²) in [6, 6.07) is 6.85. The molecule has 0 bridgehead atoms. The van der Waals surface area contributed by atoms with Gasteiger partial charge in [-0.1, -0.05) is 17.7 Å². The van der Waals surface area contributed by atoms with E-state index in [-0.39, 0.29) is 0 Å². The van der Waals surface area contributed by atoms with Crippen LogP contribution in [0.4, 0.5) is 0 Å². The number of rotatable bonds is 5. The fourth-order valence-corrected chi connectivity index (χ4v) is 2.37. The molecule has 1 fully saturated rings. The molecule has 1 saturated carbocycles. The lowest BCUT2D eigenvalue weighted by atomic mass is 10.3. The molecule has 0 atom stereocenters. The molecule has 2 aromatic heterocycles. The maximum absolute atomic E-state index is 6.17. The average Bonchev–Trinajstić information content (AvgIpc) is 3.23. The van der Waals surface area contributed by atoms with Gasteiger partial charge in [-0.15, -0.1) is 0 Å². The first-order chi connectivity index (χ1) is 9.63. The second-order valence-corrected chi connectivity index (χ2v) is 5.80. The topological polar surface area (TPSA) is 42.7 Å². The smallest absolute Gasteiger partial charge is 0.0844 e. The van der Waals surface area contributed by atoms with Crippen molar-refractivity contribution in [1.29, 1.82) is 0 Å². The predicted molar refractivity (Wildman–Crippen MR) is 79.9 cm³/mol. The fraction of sp³-hybridized carbons (Fsp3) is 0.467. The summed E-state index contributed by atoms with van der Waals surface area (Å²) >= 11 is 6.17. The van der Waals surface area contributed by atoms with E-state index < -0.39 is 0 Å². The van der Waals surface area contributed by atoms with Crippen molar-refractivity contribution in [3.05, 3.63) is 46.0 Å². The van der Waals surface area contributed by atoms with Gasteiger partial charge in [0, 0.05) is 12.6 Å². The van der Waals surface area contributed by atoms with E-state index in [0.29, 0.717) is 12.6 Å². The summed E-state index contributed by atoms with van der Waals surface area (Å²) in [5.74, 6) is 0. The monoisotopic (exact) mass is 290 g/mol. The van der Waals surface area contributed by atoms with Gasteiger partial charge < -0.3 is 5.32 Å². The van der Waals surface area contributed by atoms with E-state index in [4.69, 9.17) is 11.6 Å². The summed E-state index contributed by atoms with van der Waals surface area (Å²) in [4.78, 5) is 4.68. The number of hydrogen-bond donors (Lipinski definition) is 1. The van der Waals surface area contributed by atoms with Gasteiger partial charge in [-0.25, -0.2) is 0 Å². The maximum atomic E-state index is 6.17. The Hall–Kier alpha value is -1.39. The van der Waals surface area contributed by atoms with Gasteiger partial charge >= 0.3 is 0 Å². The van der Waals surface area contributed by atoms with Crippen LogP contribution in [0.15, 0.2) is 18.2 Å². The Morgan fingerprint density at radius 1 is 1.30 bits per heavy atom. The highest BCUT2D eigenvalue weighted by Gasteiger charge is 2.20. The third-order valence-corrected chi connectivity index (χ3v) is 4.17. The van der Waals surface area contributed by atoms with Crippen molar-refractivity contribution >= 4 is 11.6 Å². The fourth-order valence-electron chi connectivity index (χ4n) is 2.23. The van der Waals surface area contributed by atoms with Crippen LogP contribution >= 0.6 is 11.6 Å². The summed E-state index contributed by atoms with van der Waals surface area (Å²) in [5.41, 5.74) is 3.97. The van der Waals surface area contributed by atoms with E-state index in [1.807, 2.05) is 24.6 Å². The molecule has 106 valence electrons. The van der Waals surface area contributed by atoms with E-state index in [9.17, 15) is 0 Å². The highest BCUT2D eigenvalue weighted by atomic mass is 35.5. The molecule has 0 aliphatic heterocycles. The van der Waals surface area contributed by atoms with Crippen molar-refractivity contribution in [1.82, 2.24) is 20.1 Å². The second kappa shape index (κ2) is 5.54. The molecule has 3 rings (SSSR count). The standard InChI is InChI=1S/C15H19ClN4/c1-10-15(16)11(2)20(19-10)9-14-5-3-4-13(18-14)8-17-12-6-7-12/h3-5,12,17H,6-9H2,1-2H3. The lowest BCUT2D eigenvalue weighted by Crippen LogP contribution is -2.17. The number of aromatic nitrogens is 3. The third kappa shape index (κ3) is 3.02. The van der Waals surface area contributed by atoms with Gasteiger partial charge in [-0.05, 0) is 38.8 Å². The molecule has 1 N–H and O–H groups in total. The molecular formula is C15H19ClN4. The zero-order valence-electron chi connectivity index (χ0n) is 11.9. The molecule has 5 heteroatoms. The quantitative estimate of drug-likeness (QED) is 0.921. The molecule has 20 heavy (non-hydrogen) atoms. The maximum Gasteiger partial charge on any atom is 0.0844 e. The summed E-state index contributed by atoms with van der Waals surface area (Å²) in [7, 11) is 0. The zero-order chi connectivity index (χ0) is 14.1. The largest absolute Gasteiger partial charge is 0.308 e. The molecule has 1 aliphatic carbocycles. The minimum Gasteiger partial charge on any atom is -0.308 e. The lowest BCUT2D eigenvalue weighted by molar-refractivity contribution is 0.633. The highest BCUT2D eigenvalue weighted by molar-refractivity contribution is 6.31. The van der Waals surface area contributed by atoms with Gasteiger partial charge in [0.1, 0.15) is 0 Å². The van der Waals surface area contributed by atoms with E-state index in [2.05, 4.69) is 27.5 Å². The summed E-state index contributed by atoms with van der Waals surface area (Å²) in [6.07, 6.45) is 2.59. The Balaban J connectivity index is 1.72. The Morgan fingerprint density at radius 2 is 2.05 bits per heavy atom. The molecule has 0 aromatic carbocycles. The number of aryl methyl sites for hydroxylation is 1. The molecule has 0 spiro atoms. The predicted octanol–water partition coefficient (Wildman–Crippen LogP) is 2.85. The molecule has 4 nitrogen and oxygen atoms in total. The van der Waals surface area contributed by atoms with Gasteiger partial charge in [0.15, 0.2) is 0 Å². The Kier molecular flexibility index (Phi) is 3.76. The van der Waals surface area contributed by atoms with Crippen LogP contribution in [0.25, 0.3) is 0 Å². The van der Waals surface area contributed by atoms with Crippen LogP contribution in [-0.2, 0) is 13.1 Å². The Labute approximate surface area is 124 Å². The van der Waals surface area contributed by atoms with Crippen LogP contribution in [0.3, 0.4) is 0 Å². The van der Waals surface area contributed by atoms with E-state index in [1.54, 1.807) is 0 Å². The number of halogens is 1. The lowest BCUT2D eigenvalue weighted by Gasteiger charge is -2.07. The number of hydrogen-bond acceptors (Lipinski definition) is 3. The van der Waals surface area contributed by atoms with Gasteiger partial charge in [-0.2, -0.15) is 5.10 Å². The molecule has 1 aliphatic rings. The van der Waals surface area contributed by atoms with Crippen molar-refractivity contribution in [3.63, 3.8) is 0 Å². The average molecular weight is 291 g/mol. The normalized spacial score (nSPS) is 14.8. The van der Waals surface area contributed by atoms with Crippen LogP contribution in [0, 0.1) is 13.8 Å². The summed E-state index contributed by atoms with van der Waals surface area (Å²) < 4.78 is 1.91. The Bertz CT molecular complexity index is 616. The van der Waals surface area contributed by atoms with Gasteiger partial charge in [0.25, 0.3) is 0 Å². The number of nitrogens with zero attached hydrogens (tertiary/aromatic N) is 3. The van der Waals surface area contributed by atoms with E-state index in [0.717, 1.165) is 34.3 Å². The molecule has 0 unspecified atom stereocenters. The molecule has 0 radical (unpaired) electrons. The van der Waals surface area contributed by atoms with Gasteiger partial charge in [0.05, 0.1) is 34.3 Å². The minimum absolute atomic E-state index is 0.663. The first kappa shape index (κ1) is 13.6. The first-order valence-electron chi connectivity index (χ1n) is 7.01. The molecule has 2 aromatic rings. The van der Waals surface area contributed by atoms with Crippen molar-refractivity contribution < 1.29 is 0 Å². The van der Waals surface area contributed by atoms with E-state index in [1.165, 1.54) is 12.8 Å². The first-order valence-corrected chi connectivity index (χ1v) is 7.39. The summed E-state index contributed by atoms with van der Waals surface area (Å²) in [6.45, 7) is 5.42. The van der Waals surface area contributed by atoms with Crippen molar-refractivity contribution in [3.8, 4) is 0 Å². The van der Waals surface area contributed by atoms with Crippen LogP contribution in [0.1, 0.15) is 35.6 Å². The zero-order valence-corrected chi connectivity index (χ0v) is 12.6. The number of pyridine rings is 1. The molecule has 0 amide bonds. The van der Waals surface area contributed by atoms with Crippen LogP contribution in [0.2, 0.25) is 5.02 Å². The SMILES string of the molecule is Cc1nn(Cc2cccc(CNC3CC3)n2)c(C)c1Cl. The van der Waals surface area contributed by atoms with Crippen LogP contribution in [0.5, 0.6) is 0 Å². The summed E-state index contributed by atoms with van der Waals surface area (Å²) in [5, 5.41) is 8.68. The Morgan fingerprint density at radius 3 is 2.70 bits per heavy atom. The second-order valence-electron chi connectivity index (χ2n) is 5.42. The highest BCUT2D eigenvalue weighted by Crippen LogP contribution is 2.20.